The van der Waals surface area contributed by atoms with Gasteiger partial charge in [-0.25, -0.2) is 4.98 Å². The number of amides is 1. The minimum atomic E-state index is -0.703. The average Bonchev–Trinajstić information content (AvgIpc) is 3.30. The Morgan fingerprint density at radius 3 is 2.66 bits per heavy atom. The highest BCUT2D eigenvalue weighted by Gasteiger charge is 2.33. The predicted molar refractivity (Wildman–Crippen MR) is 158 cm³/mol. The van der Waals surface area contributed by atoms with E-state index >= 15 is 0 Å². The van der Waals surface area contributed by atoms with E-state index in [-0.39, 0.29) is 17.6 Å². The maximum Gasteiger partial charge on any atom is 0.261 e. The molecule has 4 aromatic rings. The highest BCUT2D eigenvalue weighted by molar-refractivity contribution is 6.04. The van der Waals surface area contributed by atoms with Crippen molar-refractivity contribution >= 4 is 33.9 Å². The Kier molecular flexibility index (Phi) is 7.39. The highest BCUT2D eigenvalue weighted by Crippen LogP contribution is 2.27. The number of nitriles is 1. The summed E-state index contributed by atoms with van der Waals surface area (Å²) < 4.78 is 13.0. The number of rotatable bonds is 7. The topological polar surface area (TPSA) is 118 Å². The lowest BCUT2D eigenvalue weighted by Gasteiger charge is -2.17. The molecule has 1 aliphatic heterocycles. The maximum atomic E-state index is 13.3. The number of carbonyl (C=O) groups excluding carboxylic acids is 1. The molecule has 0 saturated carbocycles. The lowest BCUT2D eigenvalue weighted by molar-refractivity contribution is -0.139. The number of hydrogen-bond donors (Lipinski definition) is 2. The van der Waals surface area contributed by atoms with E-state index < -0.39 is 11.2 Å². The van der Waals surface area contributed by atoms with Crippen LogP contribution in [0.25, 0.3) is 10.9 Å². The lowest BCUT2D eigenvalue weighted by Crippen LogP contribution is -2.29. The van der Waals surface area contributed by atoms with Gasteiger partial charge in [0.25, 0.3) is 11.5 Å². The number of nitrogens with zero attached hydrogens (tertiary/aromatic N) is 3. The number of carbonyl (C=O) groups is 1. The van der Waals surface area contributed by atoms with Crippen molar-refractivity contribution in [1.29, 1.82) is 5.26 Å². The van der Waals surface area contributed by atoms with Gasteiger partial charge in [-0.05, 0) is 88.2 Å². The first-order chi connectivity index (χ1) is 19.4. The van der Waals surface area contributed by atoms with Crippen LogP contribution >= 0.6 is 0 Å². The van der Waals surface area contributed by atoms with Gasteiger partial charge >= 0.3 is 0 Å². The number of fused-ring (bicyclic) bond motifs is 1. The van der Waals surface area contributed by atoms with E-state index in [4.69, 9.17) is 9.47 Å². The molecule has 9 nitrogen and oxygen atoms in total. The first kappa shape index (κ1) is 28.0. The van der Waals surface area contributed by atoms with Crippen LogP contribution in [0.1, 0.15) is 49.2 Å². The molecule has 1 saturated heterocycles. The van der Waals surface area contributed by atoms with Crippen molar-refractivity contribution in [2.24, 2.45) is 0 Å². The molecule has 2 N–H and O–H groups in total. The molecule has 9 heteroatoms. The molecule has 1 fully saturated rings. The zero-order valence-corrected chi connectivity index (χ0v) is 23.8. The predicted octanol–water partition coefficient (Wildman–Crippen LogP) is 5.65. The first-order valence-corrected chi connectivity index (χ1v) is 13.5. The van der Waals surface area contributed by atoms with E-state index in [1.54, 1.807) is 41.2 Å². The minimum absolute atomic E-state index is 0.161. The van der Waals surface area contributed by atoms with Crippen LogP contribution in [0.5, 0.6) is 0 Å². The van der Waals surface area contributed by atoms with Crippen LogP contribution in [-0.2, 0) is 21.4 Å². The minimum Gasteiger partial charge on any atom is -0.355 e. The molecule has 1 aromatic heterocycles. The Morgan fingerprint density at radius 2 is 1.93 bits per heavy atom. The van der Waals surface area contributed by atoms with Crippen LogP contribution in [0.3, 0.4) is 0 Å². The molecule has 0 aliphatic carbocycles. The summed E-state index contributed by atoms with van der Waals surface area (Å²) >= 11 is 0. The van der Waals surface area contributed by atoms with Gasteiger partial charge in [-0.3, -0.25) is 14.2 Å². The first-order valence-electron chi connectivity index (χ1n) is 13.5. The summed E-state index contributed by atoms with van der Waals surface area (Å²) in [6, 6.07) is 20.4. The van der Waals surface area contributed by atoms with E-state index in [0.29, 0.717) is 41.0 Å². The second kappa shape index (κ2) is 10.8. The number of aromatic nitrogens is 2. The third-order valence-electron chi connectivity index (χ3n) is 7.19. The Labute approximate surface area is 238 Å². The monoisotopic (exact) mass is 551 g/mol. The van der Waals surface area contributed by atoms with Crippen molar-refractivity contribution in [3.8, 4) is 6.07 Å². The van der Waals surface area contributed by atoms with Gasteiger partial charge in [-0.1, -0.05) is 18.2 Å². The van der Waals surface area contributed by atoms with E-state index in [1.165, 1.54) is 0 Å². The van der Waals surface area contributed by atoms with E-state index in [1.807, 2.05) is 65.0 Å². The van der Waals surface area contributed by atoms with E-state index in [0.717, 1.165) is 16.8 Å². The molecular weight excluding hydrogens is 518 g/mol. The largest absolute Gasteiger partial charge is 0.355 e. The zero-order valence-electron chi connectivity index (χ0n) is 23.8. The van der Waals surface area contributed by atoms with Crippen molar-refractivity contribution in [2.75, 3.05) is 17.2 Å². The number of hydrogen-bond acceptors (Lipinski definition) is 7. The summed E-state index contributed by atoms with van der Waals surface area (Å²) in [6.45, 7) is 10.1. The van der Waals surface area contributed by atoms with Crippen LogP contribution in [-0.4, -0.2) is 34.0 Å². The molecule has 1 aliphatic rings. The fourth-order valence-electron chi connectivity index (χ4n) is 4.75. The van der Waals surface area contributed by atoms with Gasteiger partial charge in [0.2, 0.25) is 0 Å². The molecule has 2 heterocycles. The molecule has 0 radical (unpaired) electrons. The maximum absolute atomic E-state index is 13.3. The van der Waals surface area contributed by atoms with Gasteiger partial charge < -0.3 is 20.1 Å². The Hall–Kier alpha value is -4.52. The molecule has 0 spiro atoms. The number of nitrogens with one attached hydrogen (secondary N) is 2. The van der Waals surface area contributed by atoms with Gasteiger partial charge in [0, 0.05) is 22.6 Å². The normalized spacial score (nSPS) is 16.3. The van der Waals surface area contributed by atoms with Gasteiger partial charge in [-0.15, -0.1) is 0 Å². The third kappa shape index (κ3) is 6.14. The average molecular weight is 552 g/mol. The summed E-state index contributed by atoms with van der Waals surface area (Å²) in [5.41, 5.74) is 4.05. The summed E-state index contributed by atoms with van der Waals surface area (Å²) in [4.78, 5) is 30.8. The zero-order chi connectivity index (χ0) is 29.4. The van der Waals surface area contributed by atoms with Crippen LogP contribution < -0.4 is 16.2 Å². The molecule has 0 bridgehead atoms. The quantitative estimate of drug-likeness (QED) is 0.305. The lowest BCUT2D eigenvalue weighted by atomic mass is 9.85. The number of aryl methyl sites for hydroxylation is 1. The molecule has 1 unspecified atom stereocenters. The number of ether oxygens (including phenoxy) is 2. The van der Waals surface area contributed by atoms with Crippen molar-refractivity contribution in [1.82, 2.24) is 9.55 Å². The van der Waals surface area contributed by atoms with Crippen molar-refractivity contribution in [3.05, 3.63) is 94.0 Å². The molecule has 41 heavy (non-hydrogen) atoms. The number of anilines is 3. The SMILES string of the molecule is Cc1ccc(NC(=O)c2cccc(C(C)(C)C#N)c2)cc1Nc1ccc2ncn(CC3COC(C)(C)O3)c(=O)c2c1. The standard InChI is InChI=1S/C32H33N5O4/c1-20-9-10-24(36-29(38)21-7-6-8-22(13-21)31(2,3)18-33)15-28(20)35-23-11-12-27-26(14-23)30(39)37(19-34-27)16-25-17-40-32(4,5)41-25/h6-15,19,25,35H,16-17H2,1-5H3,(H,36,38). The number of benzene rings is 3. The second-order valence-corrected chi connectivity index (χ2v) is 11.3. The Bertz CT molecular complexity index is 1730. The summed E-state index contributed by atoms with van der Waals surface area (Å²) in [5, 5.41) is 16.3. The molecule has 1 amide bonds. The van der Waals surface area contributed by atoms with E-state index in [9.17, 15) is 14.9 Å². The van der Waals surface area contributed by atoms with Crippen molar-refractivity contribution in [2.45, 2.75) is 58.5 Å². The highest BCUT2D eigenvalue weighted by atomic mass is 16.7. The van der Waals surface area contributed by atoms with Crippen LogP contribution in [0.15, 0.2) is 71.8 Å². The Morgan fingerprint density at radius 1 is 1.15 bits per heavy atom. The molecule has 3 aromatic carbocycles. The smallest absolute Gasteiger partial charge is 0.261 e. The summed E-state index contributed by atoms with van der Waals surface area (Å²) in [7, 11) is 0. The van der Waals surface area contributed by atoms with Crippen molar-refractivity contribution in [3.63, 3.8) is 0 Å². The van der Waals surface area contributed by atoms with Crippen LogP contribution in [0.4, 0.5) is 17.1 Å². The van der Waals surface area contributed by atoms with Crippen LogP contribution in [0.2, 0.25) is 0 Å². The summed E-state index contributed by atoms with van der Waals surface area (Å²) in [6.07, 6.45) is 1.31. The fraction of sp³-hybridized carbons (Fsp3) is 0.312. The van der Waals surface area contributed by atoms with E-state index in [2.05, 4.69) is 21.7 Å². The van der Waals surface area contributed by atoms with Gasteiger partial charge in [0.1, 0.15) is 6.10 Å². The van der Waals surface area contributed by atoms with Gasteiger partial charge in [0.05, 0.1) is 41.9 Å². The second-order valence-electron chi connectivity index (χ2n) is 11.3. The van der Waals surface area contributed by atoms with Gasteiger partial charge in [0.15, 0.2) is 5.79 Å². The molecule has 210 valence electrons. The molecular formula is C32H33N5O4. The Balaban J connectivity index is 1.35. The summed E-state index contributed by atoms with van der Waals surface area (Å²) in [5.74, 6) is -0.937. The van der Waals surface area contributed by atoms with Gasteiger partial charge in [-0.2, -0.15) is 5.26 Å². The molecule has 5 rings (SSSR count). The van der Waals surface area contributed by atoms with Crippen LogP contribution in [0, 0.1) is 18.3 Å². The molecule has 1 atom stereocenters. The third-order valence-corrected chi connectivity index (χ3v) is 7.19. The fourth-order valence-corrected chi connectivity index (χ4v) is 4.75. The van der Waals surface area contributed by atoms with Crippen molar-refractivity contribution < 1.29 is 14.3 Å².